The van der Waals surface area contributed by atoms with Gasteiger partial charge in [-0.2, -0.15) is 0 Å². The van der Waals surface area contributed by atoms with Crippen LogP contribution in [0.15, 0.2) is 41.5 Å². The molecule has 0 aliphatic carbocycles. The van der Waals surface area contributed by atoms with Gasteiger partial charge >= 0.3 is 0 Å². The first kappa shape index (κ1) is 18.8. The number of carbonyl (C=O) groups excluding carboxylic acids is 1. The van der Waals surface area contributed by atoms with Crippen molar-refractivity contribution in [2.24, 2.45) is 16.6 Å². The molecule has 0 radical (unpaired) electrons. The maximum atomic E-state index is 14.5. The number of pyridine rings is 1. The predicted octanol–water partition coefficient (Wildman–Crippen LogP) is 3.48. The van der Waals surface area contributed by atoms with E-state index in [1.54, 1.807) is 18.2 Å². The number of nitrogens with two attached hydrogens (primary N) is 1. The number of nitrogens with one attached hydrogen (secondary N) is 1. The van der Waals surface area contributed by atoms with Crippen LogP contribution in [0.3, 0.4) is 0 Å². The molecule has 2 heterocycles. The molecule has 6 nitrogen and oxygen atoms in total. The number of rotatable bonds is 4. The van der Waals surface area contributed by atoms with Crippen molar-refractivity contribution in [3.63, 3.8) is 0 Å². The molecule has 7 heteroatoms. The van der Waals surface area contributed by atoms with Crippen LogP contribution in [0.4, 0.5) is 10.1 Å². The third-order valence-electron chi connectivity index (χ3n) is 4.95. The molecule has 27 heavy (non-hydrogen) atoms. The van der Waals surface area contributed by atoms with Gasteiger partial charge in [-0.3, -0.25) is 9.79 Å². The van der Waals surface area contributed by atoms with E-state index in [1.165, 1.54) is 25.4 Å². The summed E-state index contributed by atoms with van der Waals surface area (Å²) < 4.78 is 19.6. The molecule has 0 saturated carbocycles. The number of hydrogen-bond donors (Lipinski definition) is 2. The SMILES string of the molecule is COc1ccc(C(=O)Nc2ccc(F)c([C@]3(C)CC[C@H](C)C(N)=N3)c2)nc1. The van der Waals surface area contributed by atoms with Crippen molar-refractivity contribution in [3.05, 3.63) is 53.6 Å². The standard InChI is InChI=1S/C20H23FN4O2/c1-12-8-9-20(2,25-18(12)22)15-10-13(4-6-16(15)21)24-19(26)17-7-5-14(27-3)11-23-17/h4-7,10-12H,8-9H2,1-3H3,(H2,22,25)(H,24,26)/t12-,20-/m0/s1. The van der Waals surface area contributed by atoms with Crippen molar-refractivity contribution >= 4 is 17.4 Å². The highest BCUT2D eigenvalue weighted by atomic mass is 19.1. The molecule has 0 unspecified atom stereocenters. The molecule has 1 aliphatic heterocycles. The van der Waals surface area contributed by atoms with Crippen LogP contribution in [0.25, 0.3) is 0 Å². The van der Waals surface area contributed by atoms with E-state index in [4.69, 9.17) is 10.5 Å². The van der Waals surface area contributed by atoms with Crippen LogP contribution < -0.4 is 15.8 Å². The van der Waals surface area contributed by atoms with Gasteiger partial charge in [0.25, 0.3) is 5.91 Å². The molecule has 142 valence electrons. The van der Waals surface area contributed by atoms with E-state index in [-0.39, 0.29) is 23.3 Å². The number of methoxy groups -OCH3 is 1. The number of amidine groups is 1. The second kappa shape index (κ2) is 7.34. The van der Waals surface area contributed by atoms with Crippen LogP contribution in [0.2, 0.25) is 0 Å². The van der Waals surface area contributed by atoms with Gasteiger partial charge in [0.2, 0.25) is 0 Å². The zero-order valence-corrected chi connectivity index (χ0v) is 15.6. The van der Waals surface area contributed by atoms with E-state index in [0.717, 1.165) is 6.42 Å². The lowest BCUT2D eigenvalue weighted by Crippen LogP contribution is -2.35. The largest absolute Gasteiger partial charge is 0.495 e. The minimum Gasteiger partial charge on any atom is -0.495 e. The van der Waals surface area contributed by atoms with Crippen molar-refractivity contribution in [2.75, 3.05) is 12.4 Å². The van der Waals surface area contributed by atoms with Crippen molar-refractivity contribution in [1.82, 2.24) is 4.98 Å². The third kappa shape index (κ3) is 3.92. The summed E-state index contributed by atoms with van der Waals surface area (Å²) in [5.41, 5.74) is 6.38. The minimum absolute atomic E-state index is 0.185. The topological polar surface area (TPSA) is 89.6 Å². The molecular formula is C20H23FN4O2. The van der Waals surface area contributed by atoms with Gasteiger partial charge in [-0.1, -0.05) is 6.92 Å². The molecule has 0 bridgehead atoms. The normalized spacial score (nSPS) is 22.1. The Hall–Kier alpha value is -2.96. The lowest BCUT2D eigenvalue weighted by molar-refractivity contribution is 0.102. The highest BCUT2D eigenvalue weighted by Crippen LogP contribution is 2.38. The number of amides is 1. The fraction of sp³-hybridized carbons (Fsp3) is 0.350. The zero-order valence-electron chi connectivity index (χ0n) is 15.6. The number of aliphatic imine (C=N–C) groups is 1. The Morgan fingerprint density at radius 2 is 2.15 bits per heavy atom. The van der Waals surface area contributed by atoms with Crippen LogP contribution in [-0.4, -0.2) is 23.8 Å². The number of anilines is 1. The first-order valence-corrected chi connectivity index (χ1v) is 8.79. The van der Waals surface area contributed by atoms with Gasteiger partial charge in [0.05, 0.1) is 24.7 Å². The molecule has 0 saturated heterocycles. The Morgan fingerprint density at radius 3 is 2.78 bits per heavy atom. The highest BCUT2D eigenvalue weighted by molar-refractivity contribution is 6.02. The van der Waals surface area contributed by atoms with E-state index in [1.807, 2.05) is 13.8 Å². The third-order valence-corrected chi connectivity index (χ3v) is 4.95. The van der Waals surface area contributed by atoms with Crippen LogP contribution in [0.5, 0.6) is 5.75 Å². The second-order valence-corrected chi connectivity index (χ2v) is 6.98. The molecule has 3 N–H and O–H groups in total. The molecule has 0 spiro atoms. The van der Waals surface area contributed by atoms with Gasteiger partial charge < -0.3 is 15.8 Å². The number of aromatic nitrogens is 1. The Labute approximate surface area is 157 Å². The lowest BCUT2D eigenvalue weighted by Gasteiger charge is -2.33. The van der Waals surface area contributed by atoms with Crippen LogP contribution in [0, 0.1) is 11.7 Å². The number of ether oxygens (including phenoxy) is 1. The van der Waals surface area contributed by atoms with Crippen molar-refractivity contribution in [3.8, 4) is 5.75 Å². The maximum Gasteiger partial charge on any atom is 0.274 e. The molecule has 1 aromatic heterocycles. The first-order chi connectivity index (χ1) is 12.8. The predicted molar refractivity (Wildman–Crippen MR) is 103 cm³/mol. The van der Waals surface area contributed by atoms with Gasteiger partial charge in [-0.25, -0.2) is 9.37 Å². The molecule has 3 rings (SSSR count). The molecule has 1 aliphatic rings. The smallest absolute Gasteiger partial charge is 0.274 e. The first-order valence-electron chi connectivity index (χ1n) is 8.79. The Morgan fingerprint density at radius 1 is 1.37 bits per heavy atom. The molecule has 2 atom stereocenters. The average molecular weight is 370 g/mol. The number of benzene rings is 1. The summed E-state index contributed by atoms with van der Waals surface area (Å²) in [6.07, 6.45) is 2.98. The van der Waals surface area contributed by atoms with E-state index in [9.17, 15) is 9.18 Å². The van der Waals surface area contributed by atoms with Gasteiger partial charge in [0.15, 0.2) is 0 Å². The van der Waals surface area contributed by atoms with E-state index in [0.29, 0.717) is 29.3 Å². The number of nitrogens with zero attached hydrogens (tertiary/aromatic N) is 2. The fourth-order valence-electron chi connectivity index (χ4n) is 3.14. The zero-order chi connectivity index (χ0) is 19.6. The van der Waals surface area contributed by atoms with Crippen molar-refractivity contribution in [1.29, 1.82) is 0 Å². The van der Waals surface area contributed by atoms with Crippen LogP contribution in [-0.2, 0) is 5.54 Å². The summed E-state index contributed by atoms with van der Waals surface area (Å²) in [5.74, 6) is 0.514. The number of carbonyl (C=O) groups is 1. The van der Waals surface area contributed by atoms with E-state index in [2.05, 4.69) is 15.3 Å². The quantitative estimate of drug-likeness (QED) is 0.862. The monoisotopic (exact) mass is 370 g/mol. The van der Waals surface area contributed by atoms with Gasteiger partial charge in [0.1, 0.15) is 17.3 Å². The van der Waals surface area contributed by atoms with E-state index >= 15 is 0 Å². The van der Waals surface area contributed by atoms with Gasteiger partial charge in [0, 0.05) is 17.2 Å². The Kier molecular flexibility index (Phi) is 5.12. The Bertz CT molecular complexity index is 882. The number of hydrogen-bond acceptors (Lipinski definition) is 5. The fourth-order valence-corrected chi connectivity index (χ4v) is 3.14. The summed E-state index contributed by atoms with van der Waals surface area (Å²) in [4.78, 5) is 21.0. The number of halogens is 1. The van der Waals surface area contributed by atoms with Crippen LogP contribution in [0.1, 0.15) is 42.7 Å². The maximum absolute atomic E-state index is 14.5. The molecular weight excluding hydrogens is 347 g/mol. The minimum atomic E-state index is -0.750. The van der Waals surface area contributed by atoms with Gasteiger partial charge in [-0.05, 0) is 50.1 Å². The highest BCUT2D eigenvalue weighted by Gasteiger charge is 2.34. The van der Waals surface area contributed by atoms with Gasteiger partial charge in [-0.15, -0.1) is 0 Å². The van der Waals surface area contributed by atoms with Crippen molar-refractivity contribution < 1.29 is 13.9 Å². The molecule has 0 fully saturated rings. The molecule has 1 aromatic carbocycles. The Balaban J connectivity index is 1.86. The molecule has 2 aromatic rings. The van der Waals surface area contributed by atoms with Crippen molar-refractivity contribution in [2.45, 2.75) is 32.2 Å². The second-order valence-electron chi connectivity index (χ2n) is 6.98. The summed E-state index contributed by atoms with van der Waals surface area (Å²) in [7, 11) is 1.53. The van der Waals surface area contributed by atoms with Crippen LogP contribution >= 0.6 is 0 Å². The summed E-state index contributed by atoms with van der Waals surface area (Å²) in [5, 5.41) is 2.75. The summed E-state index contributed by atoms with van der Waals surface area (Å²) in [6, 6.07) is 7.68. The summed E-state index contributed by atoms with van der Waals surface area (Å²) >= 11 is 0. The molecule has 1 amide bonds. The average Bonchev–Trinajstić information content (AvgIpc) is 2.66. The van der Waals surface area contributed by atoms with E-state index < -0.39 is 5.54 Å². The summed E-state index contributed by atoms with van der Waals surface area (Å²) in [6.45, 7) is 3.87. The lowest BCUT2D eigenvalue weighted by atomic mass is 9.82.